The third-order valence-electron chi connectivity index (χ3n) is 3.47. The van der Waals surface area contributed by atoms with Crippen LogP contribution in [0.4, 0.5) is 0 Å². The van der Waals surface area contributed by atoms with Crippen molar-refractivity contribution < 1.29 is 0 Å². The second-order valence-corrected chi connectivity index (χ2v) is 5.17. The summed E-state index contributed by atoms with van der Waals surface area (Å²) in [6.45, 7) is 4.42. The molecule has 1 nitrogen and oxygen atoms in total. The number of hydrogen-bond donors (Lipinski definition) is 0. The van der Waals surface area contributed by atoms with Gasteiger partial charge < -0.3 is 0 Å². The van der Waals surface area contributed by atoms with E-state index in [4.69, 9.17) is 4.98 Å². The van der Waals surface area contributed by atoms with Crippen molar-refractivity contribution in [2.75, 3.05) is 0 Å². The SMILES string of the molecule is CC(C)c1ccc(-c2ccc3ccccc3n2)cc1. The number of aromatic nitrogens is 1. The van der Waals surface area contributed by atoms with Gasteiger partial charge in [0.15, 0.2) is 0 Å². The van der Waals surface area contributed by atoms with E-state index in [-0.39, 0.29) is 0 Å². The Balaban J connectivity index is 2.03. The lowest BCUT2D eigenvalue weighted by molar-refractivity contribution is 0.867. The molecule has 1 aromatic heterocycles. The van der Waals surface area contributed by atoms with Gasteiger partial charge in [-0.25, -0.2) is 4.98 Å². The van der Waals surface area contributed by atoms with Crippen molar-refractivity contribution in [3.8, 4) is 11.3 Å². The smallest absolute Gasteiger partial charge is 0.0709 e. The first-order chi connectivity index (χ1) is 9.24. The molecule has 1 heterocycles. The molecule has 0 aliphatic heterocycles. The summed E-state index contributed by atoms with van der Waals surface area (Å²) < 4.78 is 0. The monoisotopic (exact) mass is 247 g/mol. The number of para-hydroxylation sites is 1. The molecule has 0 unspecified atom stereocenters. The summed E-state index contributed by atoms with van der Waals surface area (Å²) in [7, 11) is 0. The van der Waals surface area contributed by atoms with Gasteiger partial charge in [0.2, 0.25) is 0 Å². The van der Waals surface area contributed by atoms with Crippen molar-refractivity contribution in [1.82, 2.24) is 4.98 Å². The molecule has 0 atom stereocenters. The molecule has 2 aromatic carbocycles. The van der Waals surface area contributed by atoms with Crippen LogP contribution in [-0.2, 0) is 0 Å². The average molecular weight is 247 g/mol. The van der Waals surface area contributed by atoms with E-state index < -0.39 is 0 Å². The van der Waals surface area contributed by atoms with Gasteiger partial charge in [-0.3, -0.25) is 0 Å². The van der Waals surface area contributed by atoms with Crippen LogP contribution >= 0.6 is 0 Å². The maximum absolute atomic E-state index is 4.72. The first-order valence-corrected chi connectivity index (χ1v) is 6.70. The summed E-state index contributed by atoms with van der Waals surface area (Å²) in [5.74, 6) is 0.568. The van der Waals surface area contributed by atoms with Gasteiger partial charge in [0.1, 0.15) is 0 Å². The van der Waals surface area contributed by atoms with E-state index in [0.717, 1.165) is 11.2 Å². The minimum atomic E-state index is 0.568. The first kappa shape index (κ1) is 11.9. The Morgan fingerprint density at radius 2 is 1.53 bits per heavy atom. The Bertz CT molecular complexity index is 696. The van der Waals surface area contributed by atoms with E-state index in [2.05, 4.69) is 62.4 Å². The highest BCUT2D eigenvalue weighted by atomic mass is 14.7. The van der Waals surface area contributed by atoms with Gasteiger partial charge in [-0.2, -0.15) is 0 Å². The molecule has 19 heavy (non-hydrogen) atoms. The van der Waals surface area contributed by atoms with Gasteiger partial charge in [-0.15, -0.1) is 0 Å². The van der Waals surface area contributed by atoms with E-state index in [1.807, 2.05) is 12.1 Å². The fraction of sp³-hybridized carbons (Fsp3) is 0.167. The molecular formula is C18H17N. The predicted octanol–water partition coefficient (Wildman–Crippen LogP) is 5.03. The van der Waals surface area contributed by atoms with E-state index >= 15 is 0 Å². The van der Waals surface area contributed by atoms with E-state index in [1.54, 1.807) is 0 Å². The number of nitrogens with zero attached hydrogens (tertiary/aromatic N) is 1. The molecule has 0 saturated heterocycles. The molecule has 0 fully saturated rings. The minimum absolute atomic E-state index is 0.568. The van der Waals surface area contributed by atoms with Gasteiger partial charge in [-0.1, -0.05) is 62.4 Å². The van der Waals surface area contributed by atoms with Crippen molar-refractivity contribution in [2.45, 2.75) is 19.8 Å². The predicted molar refractivity (Wildman–Crippen MR) is 81.3 cm³/mol. The molecule has 3 rings (SSSR count). The lowest BCUT2D eigenvalue weighted by Crippen LogP contribution is -1.88. The van der Waals surface area contributed by atoms with Crippen molar-refractivity contribution in [1.29, 1.82) is 0 Å². The normalized spacial score (nSPS) is 11.1. The summed E-state index contributed by atoms with van der Waals surface area (Å²) in [6.07, 6.45) is 0. The Morgan fingerprint density at radius 1 is 0.789 bits per heavy atom. The lowest BCUT2D eigenvalue weighted by atomic mass is 10.0. The van der Waals surface area contributed by atoms with Crippen LogP contribution in [0.25, 0.3) is 22.2 Å². The molecule has 0 amide bonds. The van der Waals surface area contributed by atoms with E-state index in [0.29, 0.717) is 5.92 Å². The standard InChI is InChI=1S/C18H17N/c1-13(2)14-7-9-16(10-8-14)18-12-11-15-5-3-4-6-17(15)19-18/h3-13H,1-2H3. The molecule has 0 saturated carbocycles. The third kappa shape index (κ3) is 2.37. The van der Waals surface area contributed by atoms with Crippen LogP contribution in [0.1, 0.15) is 25.3 Å². The summed E-state index contributed by atoms with van der Waals surface area (Å²) in [5, 5.41) is 1.19. The van der Waals surface area contributed by atoms with E-state index in [1.165, 1.54) is 16.5 Å². The van der Waals surface area contributed by atoms with Crippen molar-refractivity contribution >= 4 is 10.9 Å². The first-order valence-electron chi connectivity index (χ1n) is 6.70. The zero-order valence-electron chi connectivity index (χ0n) is 11.3. The largest absolute Gasteiger partial charge is 0.248 e. The van der Waals surface area contributed by atoms with Crippen molar-refractivity contribution in [3.63, 3.8) is 0 Å². The topological polar surface area (TPSA) is 12.9 Å². The Kier molecular flexibility index (Phi) is 3.04. The second kappa shape index (κ2) is 4.85. The molecule has 94 valence electrons. The zero-order chi connectivity index (χ0) is 13.2. The molecule has 0 N–H and O–H groups in total. The quantitative estimate of drug-likeness (QED) is 0.619. The lowest BCUT2D eigenvalue weighted by Gasteiger charge is -2.07. The summed E-state index contributed by atoms with van der Waals surface area (Å²) in [4.78, 5) is 4.72. The molecule has 0 spiro atoms. The van der Waals surface area contributed by atoms with Crippen LogP contribution in [0.5, 0.6) is 0 Å². The number of rotatable bonds is 2. The van der Waals surface area contributed by atoms with Gasteiger partial charge in [0.05, 0.1) is 11.2 Å². The summed E-state index contributed by atoms with van der Waals surface area (Å²) in [5.41, 5.74) is 4.63. The van der Waals surface area contributed by atoms with Crippen LogP contribution in [0.3, 0.4) is 0 Å². The van der Waals surface area contributed by atoms with Crippen LogP contribution < -0.4 is 0 Å². The number of fused-ring (bicyclic) bond motifs is 1. The van der Waals surface area contributed by atoms with Gasteiger partial charge >= 0.3 is 0 Å². The van der Waals surface area contributed by atoms with Gasteiger partial charge in [-0.05, 0) is 23.6 Å². The Labute approximate surface area is 113 Å². The van der Waals surface area contributed by atoms with Gasteiger partial charge in [0.25, 0.3) is 0 Å². The highest BCUT2D eigenvalue weighted by molar-refractivity contribution is 5.81. The van der Waals surface area contributed by atoms with Crippen molar-refractivity contribution in [3.05, 3.63) is 66.2 Å². The highest BCUT2D eigenvalue weighted by Crippen LogP contribution is 2.23. The van der Waals surface area contributed by atoms with Crippen LogP contribution in [0.15, 0.2) is 60.7 Å². The molecule has 0 aliphatic carbocycles. The maximum Gasteiger partial charge on any atom is 0.0709 e. The van der Waals surface area contributed by atoms with Crippen LogP contribution in [0, 0.1) is 0 Å². The fourth-order valence-corrected chi connectivity index (χ4v) is 2.27. The molecule has 0 aliphatic rings. The van der Waals surface area contributed by atoms with Crippen molar-refractivity contribution in [2.24, 2.45) is 0 Å². The molecule has 0 radical (unpaired) electrons. The van der Waals surface area contributed by atoms with Crippen LogP contribution in [0.2, 0.25) is 0 Å². The molecular weight excluding hydrogens is 230 g/mol. The molecule has 1 heteroatoms. The minimum Gasteiger partial charge on any atom is -0.248 e. The molecule has 3 aromatic rings. The maximum atomic E-state index is 4.72. The van der Waals surface area contributed by atoms with Gasteiger partial charge in [0, 0.05) is 10.9 Å². The second-order valence-electron chi connectivity index (χ2n) is 5.17. The number of pyridine rings is 1. The number of hydrogen-bond acceptors (Lipinski definition) is 1. The van der Waals surface area contributed by atoms with E-state index in [9.17, 15) is 0 Å². The zero-order valence-corrected chi connectivity index (χ0v) is 11.3. The van der Waals surface area contributed by atoms with Crippen LogP contribution in [-0.4, -0.2) is 4.98 Å². The Hall–Kier alpha value is -2.15. The Morgan fingerprint density at radius 3 is 2.26 bits per heavy atom. The average Bonchev–Trinajstić information content (AvgIpc) is 2.47. The summed E-state index contributed by atoms with van der Waals surface area (Å²) >= 11 is 0. The fourth-order valence-electron chi connectivity index (χ4n) is 2.27. The number of benzene rings is 2. The third-order valence-corrected chi connectivity index (χ3v) is 3.47. The highest BCUT2D eigenvalue weighted by Gasteiger charge is 2.03. The molecule has 0 bridgehead atoms. The summed E-state index contributed by atoms with van der Waals surface area (Å²) in [6, 6.07) is 21.1.